The normalized spacial score (nSPS) is 29.9. The SMILES string of the molecule is CCOC(=O)C1C2CN(Cc3ccccc3)C[C@H]21. The lowest BCUT2D eigenvalue weighted by molar-refractivity contribution is -0.145. The van der Waals surface area contributed by atoms with Crippen molar-refractivity contribution in [3.8, 4) is 0 Å². The summed E-state index contributed by atoms with van der Waals surface area (Å²) in [5.74, 6) is 1.31. The number of rotatable bonds is 4. The number of nitrogens with zero attached hydrogens (tertiary/aromatic N) is 1. The number of benzene rings is 1. The van der Waals surface area contributed by atoms with Crippen LogP contribution in [0.5, 0.6) is 0 Å². The monoisotopic (exact) mass is 245 g/mol. The Balaban J connectivity index is 1.51. The first-order valence-corrected chi connectivity index (χ1v) is 6.72. The minimum atomic E-state index is 0.0202. The van der Waals surface area contributed by atoms with E-state index in [0.717, 1.165) is 19.6 Å². The van der Waals surface area contributed by atoms with E-state index in [9.17, 15) is 4.79 Å². The second kappa shape index (κ2) is 4.73. The lowest BCUT2D eigenvalue weighted by Crippen LogP contribution is -2.26. The molecule has 1 aliphatic carbocycles. The Morgan fingerprint density at radius 2 is 1.94 bits per heavy atom. The van der Waals surface area contributed by atoms with E-state index < -0.39 is 0 Å². The second-order valence-corrected chi connectivity index (χ2v) is 5.29. The fraction of sp³-hybridized carbons (Fsp3) is 0.533. The van der Waals surface area contributed by atoms with Crippen molar-refractivity contribution in [1.82, 2.24) is 4.90 Å². The summed E-state index contributed by atoms with van der Waals surface area (Å²) < 4.78 is 5.10. The van der Waals surface area contributed by atoms with E-state index in [2.05, 4.69) is 29.2 Å². The molecular formula is C15H19NO2. The summed E-state index contributed by atoms with van der Waals surface area (Å²) >= 11 is 0. The highest BCUT2D eigenvalue weighted by Gasteiger charge is 2.59. The van der Waals surface area contributed by atoms with Crippen LogP contribution in [0.2, 0.25) is 0 Å². The zero-order valence-electron chi connectivity index (χ0n) is 10.7. The van der Waals surface area contributed by atoms with Gasteiger partial charge in [0, 0.05) is 19.6 Å². The number of piperidine rings is 1. The van der Waals surface area contributed by atoms with Crippen molar-refractivity contribution in [3.63, 3.8) is 0 Å². The summed E-state index contributed by atoms with van der Waals surface area (Å²) in [4.78, 5) is 14.1. The van der Waals surface area contributed by atoms with Crippen molar-refractivity contribution in [2.45, 2.75) is 13.5 Å². The van der Waals surface area contributed by atoms with Gasteiger partial charge in [0.15, 0.2) is 0 Å². The molecule has 1 aromatic carbocycles. The molecule has 0 amide bonds. The summed E-state index contributed by atoms with van der Waals surface area (Å²) in [6.07, 6.45) is 0. The van der Waals surface area contributed by atoms with E-state index >= 15 is 0 Å². The van der Waals surface area contributed by atoms with Crippen molar-refractivity contribution in [2.75, 3.05) is 19.7 Å². The van der Waals surface area contributed by atoms with Gasteiger partial charge in [0.25, 0.3) is 0 Å². The van der Waals surface area contributed by atoms with Crippen LogP contribution < -0.4 is 0 Å². The van der Waals surface area contributed by atoms with Gasteiger partial charge in [-0.05, 0) is 24.3 Å². The number of hydrogen-bond acceptors (Lipinski definition) is 3. The van der Waals surface area contributed by atoms with Crippen LogP contribution in [-0.2, 0) is 16.1 Å². The fourth-order valence-electron chi connectivity index (χ4n) is 3.17. The number of hydrogen-bond donors (Lipinski definition) is 0. The highest BCUT2D eigenvalue weighted by Crippen LogP contribution is 2.52. The summed E-state index contributed by atoms with van der Waals surface area (Å²) in [6, 6.07) is 10.5. The molecule has 2 unspecified atom stereocenters. The highest BCUT2D eigenvalue weighted by atomic mass is 16.5. The minimum Gasteiger partial charge on any atom is -0.466 e. The number of likely N-dealkylation sites (tertiary alicyclic amines) is 1. The molecule has 1 saturated heterocycles. The lowest BCUT2D eigenvalue weighted by atomic mass is 10.2. The van der Waals surface area contributed by atoms with Gasteiger partial charge in [-0.15, -0.1) is 0 Å². The molecule has 1 saturated carbocycles. The molecule has 3 heteroatoms. The van der Waals surface area contributed by atoms with Crippen molar-refractivity contribution in [3.05, 3.63) is 35.9 Å². The Bertz CT molecular complexity index is 419. The van der Waals surface area contributed by atoms with E-state index in [1.165, 1.54) is 5.56 Å². The third kappa shape index (κ3) is 2.15. The van der Waals surface area contributed by atoms with Crippen LogP contribution in [0.15, 0.2) is 30.3 Å². The van der Waals surface area contributed by atoms with Gasteiger partial charge < -0.3 is 4.74 Å². The summed E-state index contributed by atoms with van der Waals surface area (Å²) in [5.41, 5.74) is 1.35. The van der Waals surface area contributed by atoms with Crippen LogP contribution in [0.3, 0.4) is 0 Å². The van der Waals surface area contributed by atoms with Crippen LogP contribution in [-0.4, -0.2) is 30.6 Å². The number of esters is 1. The maximum Gasteiger partial charge on any atom is 0.309 e. The van der Waals surface area contributed by atoms with Gasteiger partial charge in [-0.3, -0.25) is 9.69 Å². The Hall–Kier alpha value is -1.35. The first-order valence-electron chi connectivity index (χ1n) is 6.72. The van der Waals surface area contributed by atoms with Crippen LogP contribution >= 0.6 is 0 Å². The summed E-state index contributed by atoms with van der Waals surface area (Å²) in [5, 5.41) is 0. The molecular weight excluding hydrogens is 226 g/mol. The van der Waals surface area contributed by atoms with Crippen molar-refractivity contribution in [2.24, 2.45) is 17.8 Å². The lowest BCUT2D eigenvalue weighted by Gasteiger charge is -2.19. The van der Waals surface area contributed by atoms with Gasteiger partial charge >= 0.3 is 5.97 Å². The molecule has 1 aliphatic heterocycles. The standard InChI is InChI=1S/C15H19NO2/c1-2-18-15(17)14-12-9-16(10-13(12)14)8-11-6-4-3-5-7-11/h3-7,12-14H,2,8-10H2,1H3/t12-,13?,14?/m1/s1. The van der Waals surface area contributed by atoms with Crippen LogP contribution in [0.25, 0.3) is 0 Å². The minimum absolute atomic E-state index is 0.0202. The van der Waals surface area contributed by atoms with Crippen LogP contribution in [0.4, 0.5) is 0 Å². The van der Waals surface area contributed by atoms with Crippen LogP contribution in [0, 0.1) is 17.8 Å². The first kappa shape index (κ1) is 11.7. The molecule has 0 radical (unpaired) electrons. The molecule has 0 aromatic heterocycles. The van der Waals surface area contributed by atoms with Gasteiger partial charge in [-0.25, -0.2) is 0 Å². The van der Waals surface area contributed by atoms with Gasteiger partial charge in [0.2, 0.25) is 0 Å². The average molecular weight is 245 g/mol. The quantitative estimate of drug-likeness (QED) is 0.759. The van der Waals surface area contributed by atoms with Gasteiger partial charge in [-0.1, -0.05) is 30.3 Å². The first-order chi connectivity index (χ1) is 8.79. The molecule has 1 heterocycles. The van der Waals surface area contributed by atoms with Crippen LogP contribution in [0.1, 0.15) is 12.5 Å². The van der Waals surface area contributed by atoms with E-state index in [1.807, 2.05) is 13.0 Å². The zero-order valence-corrected chi connectivity index (χ0v) is 10.7. The molecule has 0 N–H and O–H groups in total. The molecule has 2 fully saturated rings. The average Bonchev–Trinajstić information content (AvgIpc) is 2.88. The Morgan fingerprint density at radius 1 is 1.28 bits per heavy atom. The van der Waals surface area contributed by atoms with Gasteiger partial charge in [0.05, 0.1) is 12.5 Å². The molecule has 1 aromatic rings. The number of fused-ring (bicyclic) bond motifs is 1. The Kier molecular flexibility index (Phi) is 3.08. The molecule has 2 aliphatic rings. The summed E-state index contributed by atoms with van der Waals surface area (Å²) in [7, 11) is 0. The molecule has 18 heavy (non-hydrogen) atoms. The van der Waals surface area contributed by atoms with Crippen molar-refractivity contribution in [1.29, 1.82) is 0 Å². The van der Waals surface area contributed by atoms with E-state index in [4.69, 9.17) is 4.74 Å². The maximum atomic E-state index is 11.6. The van der Waals surface area contributed by atoms with Gasteiger partial charge in [-0.2, -0.15) is 0 Å². The Labute approximate surface area is 108 Å². The van der Waals surface area contributed by atoms with Crippen molar-refractivity contribution < 1.29 is 9.53 Å². The van der Waals surface area contributed by atoms with Crippen molar-refractivity contribution >= 4 is 5.97 Å². The van der Waals surface area contributed by atoms with Gasteiger partial charge in [0.1, 0.15) is 0 Å². The molecule has 3 rings (SSSR count). The molecule has 0 bridgehead atoms. The predicted octanol–water partition coefficient (Wildman–Crippen LogP) is 1.93. The second-order valence-electron chi connectivity index (χ2n) is 5.29. The Morgan fingerprint density at radius 3 is 2.56 bits per heavy atom. The molecule has 3 atom stereocenters. The fourth-order valence-corrected chi connectivity index (χ4v) is 3.17. The number of ether oxygens (including phenoxy) is 1. The molecule has 96 valence electrons. The highest BCUT2D eigenvalue weighted by molar-refractivity contribution is 5.77. The number of carbonyl (C=O) groups excluding carboxylic acids is 1. The predicted molar refractivity (Wildman–Crippen MR) is 68.8 cm³/mol. The van der Waals surface area contributed by atoms with E-state index in [0.29, 0.717) is 18.4 Å². The number of carbonyl (C=O) groups is 1. The smallest absolute Gasteiger partial charge is 0.309 e. The molecule has 3 nitrogen and oxygen atoms in total. The van der Waals surface area contributed by atoms with E-state index in [-0.39, 0.29) is 11.9 Å². The largest absolute Gasteiger partial charge is 0.466 e. The van der Waals surface area contributed by atoms with E-state index in [1.54, 1.807) is 0 Å². The molecule has 0 spiro atoms. The maximum absolute atomic E-state index is 11.6. The third-order valence-corrected chi connectivity index (χ3v) is 4.08. The third-order valence-electron chi connectivity index (χ3n) is 4.08. The zero-order chi connectivity index (χ0) is 12.5. The topological polar surface area (TPSA) is 29.5 Å². The summed E-state index contributed by atoms with van der Waals surface area (Å²) in [6.45, 7) is 5.47.